The number of ether oxygens (including phenoxy) is 1. The van der Waals surface area contributed by atoms with Crippen molar-refractivity contribution < 1.29 is 4.74 Å². The number of aromatic nitrogens is 2. The van der Waals surface area contributed by atoms with Gasteiger partial charge in [0, 0.05) is 40.1 Å². The maximum absolute atomic E-state index is 9.37. The second-order valence-electron chi connectivity index (χ2n) is 6.71. The second kappa shape index (κ2) is 7.09. The van der Waals surface area contributed by atoms with Crippen molar-refractivity contribution in [3.05, 3.63) is 77.6 Å². The number of nitrogens with zero attached hydrogens (tertiary/aromatic N) is 3. The first-order chi connectivity index (χ1) is 13.6. The summed E-state index contributed by atoms with van der Waals surface area (Å²) in [5.41, 5.74) is 12.7. The Bertz CT molecular complexity index is 1220. The molecule has 28 heavy (non-hydrogen) atoms. The molecule has 0 atom stereocenters. The Hall–Kier alpha value is -3.78. The molecule has 0 unspecified atom stereocenters. The fourth-order valence-electron chi connectivity index (χ4n) is 3.57. The zero-order chi connectivity index (χ0) is 19.7. The lowest BCUT2D eigenvalue weighted by Crippen LogP contribution is -2.01. The molecular weight excluding hydrogens is 348 g/mol. The number of nitrogens with two attached hydrogens (primary N) is 1. The number of hydrogen-bond acceptors (Lipinski definition) is 4. The van der Waals surface area contributed by atoms with Gasteiger partial charge in [-0.05, 0) is 48.4 Å². The highest BCUT2D eigenvalue weighted by Gasteiger charge is 2.15. The lowest BCUT2D eigenvalue weighted by atomic mass is 9.98. The van der Waals surface area contributed by atoms with Crippen LogP contribution in [0.1, 0.15) is 16.7 Å². The van der Waals surface area contributed by atoms with Crippen molar-refractivity contribution in [2.45, 2.75) is 13.5 Å². The molecule has 0 aliphatic carbocycles. The van der Waals surface area contributed by atoms with Gasteiger partial charge in [0.1, 0.15) is 0 Å². The quantitative estimate of drug-likeness (QED) is 0.537. The SMILES string of the molecule is COc1ncccc1Cn1cc(-c2cccc(N)c2C)c2cc(C#N)ccc21. The zero-order valence-electron chi connectivity index (χ0n) is 15.8. The average molecular weight is 368 g/mol. The van der Waals surface area contributed by atoms with Crippen molar-refractivity contribution in [2.75, 3.05) is 12.8 Å². The third-order valence-electron chi connectivity index (χ3n) is 5.06. The van der Waals surface area contributed by atoms with Crippen LogP contribution in [-0.2, 0) is 6.54 Å². The van der Waals surface area contributed by atoms with Crippen LogP contribution in [0.5, 0.6) is 5.88 Å². The number of benzene rings is 2. The minimum Gasteiger partial charge on any atom is -0.481 e. The van der Waals surface area contributed by atoms with E-state index in [1.807, 2.05) is 49.4 Å². The molecule has 0 radical (unpaired) electrons. The molecule has 0 fully saturated rings. The van der Waals surface area contributed by atoms with Crippen LogP contribution in [0, 0.1) is 18.3 Å². The Kier molecular flexibility index (Phi) is 4.46. The highest BCUT2D eigenvalue weighted by Crippen LogP contribution is 2.35. The van der Waals surface area contributed by atoms with Gasteiger partial charge in [0.15, 0.2) is 0 Å². The van der Waals surface area contributed by atoms with Gasteiger partial charge in [-0.25, -0.2) is 4.98 Å². The third-order valence-corrected chi connectivity index (χ3v) is 5.06. The zero-order valence-corrected chi connectivity index (χ0v) is 15.8. The topological polar surface area (TPSA) is 76.9 Å². The molecule has 4 rings (SSSR count). The van der Waals surface area contributed by atoms with E-state index in [-0.39, 0.29) is 0 Å². The molecule has 2 heterocycles. The minimum absolute atomic E-state index is 0.611. The standard InChI is InChI=1S/C23H20N4O/c1-15-18(6-3-7-21(15)25)20-14-27(13-17-5-4-10-26-23(17)28-2)22-9-8-16(12-24)11-19(20)22/h3-11,14H,13,25H2,1-2H3. The molecule has 0 aliphatic heterocycles. The van der Waals surface area contributed by atoms with Gasteiger partial charge in [-0.2, -0.15) is 5.26 Å². The number of pyridine rings is 1. The summed E-state index contributed by atoms with van der Waals surface area (Å²) in [6.07, 6.45) is 3.83. The van der Waals surface area contributed by atoms with Crippen molar-refractivity contribution in [1.82, 2.24) is 9.55 Å². The lowest BCUT2D eigenvalue weighted by Gasteiger charge is -2.09. The number of nitriles is 1. The summed E-state index contributed by atoms with van der Waals surface area (Å²) in [5.74, 6) is 0.611. The molecule has 4 aromatic rings. The number of anilines is 1. The summed E-state index contributed by atoms with van der Waals surface area (Å²) in [6.45, 7) is 2.63. The Labute approximate surface area is 163 Å². The molecule has 5 nitrogen and oxygen atoms in total. The van der Waals surface area contributed by atoms with Crippen LogP contribution in [0.25, 0.3) is 22.0 Å². The van der Waals surface area contributed by atoms with Crippen molar-refractivity contribution in [3.63, 3.8) is 0 Å². The monoisotopic (exact) mass is 368 g/mol. The highest BCUT2D eigenvalue weighted by atomic mass is 16.5. The maximum atomic E-state index is 9.37. The van der Waals surface area contributed by atoms with Crippen LogP contribution in [0.2, 0.25) is 0 Å². The van der Waals surface area contributed by atoms with Crippen LogP contribution in [0.4, 0.5) is 5.69 Å². The minimum atomic E-state index is 0.611. The predicted molar refractivity (Wildman–Crippen MR) is 111 cm³/mol. The molecule has 5 heteroatoms. The molecule has 2 aromatic heterocycles. The number of methoxy groups -OCH3 is 1. The Balaban J connectivity index is 1.94. The van der Waals surface area contributed by atoms with Crippen LogP contribution < -0.4 is 10.5 Å². The normalized spacial score (nSPS) is 10.8. The van der Waals surface area contributed by atoms with E-state index in [4.69, 9.17) is 10.5 Å². The maximum Gasteiger partial charge on any atom is 0.218 e. The molecule has 0 amide bonds. The van der Waals surface area contributed by atoms with Crippen molar-refractivity contribution >= 4 is 16.6 Å². The first kappa shape index (κ1) is 17.6. The number of nitrogen functional groups attached to an aromatic ring is 1. The molecule has 2 N–H and O–H groups in total. The van der Waals surface area contributed by atoms with Gasteiger partial charge in [0.25, 0.3) is 0 Å². The van der Waals surface area contributed by atoms with E-state index in [1.54, 1.807) is 13.3 Å². The molecular formula is C23H20N4O. The summed E-state index contributed by atoms with van der Waals surface area (Å²) < 4.78 is 7.57. The Morgan fingerprint density at radius 1 is 1.14 bits per heavy atom. The molecule has 0 spiro atoms. The van der Waals surface area contributed by atoms with E-state index in [0.29, 0.717) is 18.0 Å². The summed E-state index contributed by atoms with van der Waals surface area (Å²) in [5, 5.41) is 10.4. The molecule has 138 valence electrons. The fraction of sp³-hybridized carbons (Fsp3) is 0.130. The first-order valence-corrected chi connectivity index (χ1v) is 8.98. The van der Waals surface area contributed by atoms with Gasteiger partial charge in [0.2, 0.25) is 5.88 Å². The lowest BCUT2D eigenvalue weighted by molar-refractivity contribution is 0.391. The van der Waals surface area contributed by atoms with E-state index >= 15 is 0 Å². The number of hydrogen-bond donors (Lipinski definition) is 1. The van der Waals surface area contributed by atoms with Crippen molar-refractivity contribution in [1.29, 1.82) is 5.26 Å². The van der Waals surface area contributed by atoms with Crippen molar-refractivity contribution in [2.24, 2.45) is 0 Å². The smallest absolute Gasteiger partial charge is 0.218 e. The molecule has 2 aromatic carbocycles. The highest BCUT2D eigenvalue weighted by molar-refractivity contribution is 5.98. The molecule has 0 saturated carbocycles. The summed E-state index contributed by atoms with van der Waals surface area (Å²) in [4.78, 5) is 4.30. The largest absolute Gasteiger partial charge is 0.481 e. The first-order valence-electron chi connectivity index (χ1n) is 8.98. The number of rotatable bonds is 4. The van der Waals surface area contributed by atoms with Gasteiger partial charge in [-0.15, -0.1) is 0 Å². The van der Waals surface area contributed by atoms with E-state index in [0.717, 1.165) is 38.8 Å². The Morgan fingerprint density at radius 2 is 2.00 bits per heavy atom. The van der Waals surface area contributed by atoms with E-state index in [1.165, 1.54) is 0 Å². The van der Waals surface area contributed by atoms with Crippen LogP contribution in [0.15, 0.2) is 60.9 Å². The van der Waals surface area contributed by atoms with Gasteiger partial charge < -0.3 is 15.0 Å². The van der Waals surface area contributed by atoms with Crippen molar-refractivity contribution in [3.8, 4) is 23.1 Å². The molecule has 0 aliphatic rings. The van der Waals surface area contributed by atoms with Gasteiger partial charge in [-0.3, -0.25) is 0 Å². The fourth-order valence-corrected chi connectivity index (χ4v) is 3.57. The summed E-state index contributed by atoms with van der Waals surface area (Å²) in [6, 6.07) is 17.8. The number of fused-ring (bicyclic) bond motifs is 1. The Morgan fingerprint density at radius 3 is 2.79 bits per heavy atom. The van der Waals surface area contributed by atoms with Crippen LogP contribution in [-0.4, -0.2) is 16.7 Å². The summed E-state index contributed by atoms with van der Waals surface area (Å²) in [7, 11) is 1.63. The predicted octanol–water partition coefficient (Wildman–Crippen LogP) is 4.52. The van der Waals surface area contributed by atoms with Crippen LogP contribution in [0.3, 0.4) is 0 Å². The van der Waals surface area contributed by atoms with Gasteiger partial charge in [-0.1, -0.05) is 18.2 Å². The average Bonchev–Trinajstić information content (AvgIpc) is 3.08. The van der Waals surface area contributed by atoms with E-state index in [2.05, 4.69) is 27.9 Å². The summed E-state index contributed by atoms with van der Waals surface area (Å²) >= 11 is 0. The van der Waals surface area contributed by atoms with Gasteiger partial charge >= 0.3 is 0 Å². The molecule has 0 bridgehead atoms. The van der Waals surface area contributed by atoms with E-state index < -0.39 is 0 Å². The van der Waals surface area contributed by atoms with Gasteiger partial charge in [0.05, 0.1) is 25.3 Å². The third kappa shape index (κ3) is 2.95. The molecule has 0 saturated heterocycles. The van der Waals surface area contributed by atoms with Crippen LogP contribution >= 0.6 is 0 Å². The second-order valence-corrected chi connectivity index (χ2v) is 6.71. The van der Waals surface area contributed by atoms with E-state index in [9.17, 15) is 5.26 Å².